The minimum Gasteiger partial charge on any atom is -0.460 e. The number of furan rings is 1. The van der Waals surface area contributed by atoms with Gasteiger partial charge in [-0.25, -0.2) is 4.99 Å². The third-order valence-electron chi connectivity index (χ3n) is 11.4. The predicted octanol–water partition coefficient (Wildman–Crippen LogP) is 10.5. The number of aliphatic imine (C=N–C) groups is 1. The van der Waals surface area contributed by atoms with Crippen LogP contribution >= 0.6 is 0 Å². The van der Waals surface area contributed by atoms with Gasteiger partial charge in [0.25, 0.3) is 0 Å². The molecular weight excluding hydrogens is 613 g/mol. The fourth-order valence-electron chi connectivity index (χ4n) is 9.01. The number of rotatable bonds is 5. The lowest BCUT2D eigenvalue weighted by Crippen LogP contribution is -2.55. The summed E-state index contributed by atoms with van der Waals surface area (Å²) in [6, 6.07) is 33.2. The average Bonchev–Trinajstić information content (AvgIpc) is 3.74. The Morgan fingerprint density at radius 2 is 1.50 bits per heavy atom. The van der Waals surface area contributed by atoms with Gasteiger partial charge in [0.05, 0.1) is 11.7 Å². The summed E-state index contributed by atoms with van der Waals surface area (Å²) in [7, 11) is 0. The number of fused-ring (bicyclic) bond motifs is 6. The van der Waals surface area contributed by atoms with Crippen molar-refractivity contribution in [2.75, 3.05) is 0 Å². The molecule has 1 aliphatic heterocycles. The number of nitrogens with one attached hydrogen (secondary N) is 2. The summed E-state index contributed by atoms with van der Waals surface area (Å²) in [4.78, 5) is 5.50. The van der Waals surface area contributed by atoms with Crippen molar-refractivity contribution >= 4 is 39.9 Å². The van der Waals surface area contributed by atoms with Crippen LogP contribution in [0.2, 0.25) is 0 Å². The molecule has 3 heterocycles. The summed E-state index contributed by atoms with van der Waals surface area (Å²) in [5, 5.41) is 10.5. The number of aromatic nitrogens is 1. The zero-order valence-corrected chi connectivity index (χ0v) is 28.4. The van der Waals surface area contributed by atoms with Crippen molar-refractivity contribution in [3.8, 4) is 16.8 Å². The van der Waals surface area contributed by atoms with E-state index < -0.39 is 0 Å². The Bertz CT molecular complexity index is 2350. The number of hydrogen-bond acceptors (Lipinski definition) is 4. The molecule has 3 aliphatic carbocycles. The second-order valence-corrected chi connectivity index (χ2v) is 14.4. The van der Waals surface area contributed by atoms with E-state index >= 15 is 0 Å². The maximum atomic E-state index is 6.61. The molecular formula is C45H42N4O. The first-order valence-corrected chi connectivity index (χ1v) is 18.6. The first-order valence-electron chi connectivity index (χ1n) is 18.6. The van der Waals surface area contributed by atoms with Crippen molar-refractivity contribution in [2.24, 2.45) is 10.9 Å². The summed E-state index contributed by atoms with van der Waals surface area (Å²) in [6.45, 7) is 0. The molecule has 0 amide bonds. The second kappa shape index (κ2) is 12.3. The van der Waals surface area contributed by atoms with E-state index in [4.69, 9.17) is 9.41 Å². The maximum absolute atomic E-state index is 6.61. The van der Waals surface area contributed by atoms with Crippen LogP contribution in [0.3, 0.4) is 0 Å². The van der Waals surface area contributed by atoms with Crippen molar-refractivity contribution in [1.82, 2.24) is 15.2 Å². The molecule has 0 saturated heterocycles. The number of nitrogens with zero attached hydrogens (tertiary/aromatic N) is 2. The van der Waals surface area contributed by atoms with Crippen molar-refractivity contribution in [3.05, 3.63) is 137 Å². The van der Waals surface area contributed by atoms with Crippen LogP contribution in [-0.4, -0.2) is 16.6 Å². The lowest BCUT2D eigenvalue weighted by atomic mass is 9.86. The molecule has 0 radical (unpaired) electrons. The lowest BCUT2D eigenvalue weighted by Gasteiger charge is -2.38. The highest BCUT2D eigenvalue weighted by Gasteiger charge is 2.32. The Kier molecular flexibility index (Phi) is 7.34. The molecule has 50 heavy (non-hydrogen) atoms. The van der Waals surface area contributed by atoms with E-state index in [0.717, 1.165) is 59.6 Å². The zero-order chi connectivity index (χ0) is 33.0. The Labute approximate surface area is 293 Å². The summed E-state index contributed by atoms with van der Waals surface area (Å²) in [5.41, 5.74) is 12.0. The largest absolute Gasteiger partial charge is 0.460 e. The number of hydrogen-bond donors (Lipinski definition) is 2. The van der Waals surface area contributed by atoms with E-state index in [1.165, 1.54) is 76.5 Å². The molecule has 5 nitrogen and oxygen atoms in total. The van der Waals surface area contributed by atoms with Crippen LogP contribution in [0.15, 0.2) is 113 Å². The standard InChI is InChI=1S/C45H42N4O/c1-2-14-29(15-3-1)43-46-44(30-16-12-17-31(28-30)49-39-25-9-6-19-33(39)34-20-7-10-26-40(34)49)48-45(47-43)38-22-5-4-18-32(38)36-23-13-24-37-35-21-8-11-27-41(35)50-42(36)37/h4-6,8-10,12-13,16-19,21-26,28-29,43-44,46H,1-3,7,11,14-15,20,27H2,(H,47,48). The first-order chi connectivity index (χ1) is 24.8. The van der Waals surface area contributed by atoms with Gasteiger partial charge in [0.1, 0.15) is 23.3 Å². The highest BCUT2D eigenvalue weighted by atomic mass is 16.3. The number of allylic oxidation sites excluding steroid dienone is 2. The van der Waals surface area contributed by atoms with Crippen LogP contribution in [-0.2, 0) is 12.8 Å². The van der Waals surface area contributed by atoms with Crippen LogP contribution in [0.5, 0.6) is 0 Å². The van der Waals surface area contributed by atoms with Crippen LogP contribution in [0, 0.1) is 5.92 Å². The van der Waals surface area contributed by atoms with Crippen LogP contribution < -0.4 is 10.6 Å². The van der Waals surface area contributed by atoms with Gasteiger partial charge in [-0.05, 0) is 79.0 Å². The third-order valence-corrected chi connectivity index (χ3v) is 11.4. The number of aryl methyl sites for hydroxylation is 2. The smallest absolute Gasteiger partial charge is 0.142 e. The van der Waals surface area contributed by atoms with E-state index in [0.29, 0.717) is 5.92 Å². The summed E-state index contributed by atoms with van der Waals surface area (Å²) in [6.07, 6.45) is 19.6. The highest BCUT2D eigenvalue weighted by Crippen LogP contribution is 2.40. The van der Waals surface area contributed by atoms with Gasteiger partial charge in [0.15, 0.2) is 0 Å². The Balaban J connectivity index is 1.10. The van der Waals surface area contributed by atoms with Gasteiger partial charge in [-0.1, -0.05) is 110 Å². The SMILES string of the molecule is C1=Cc2c(oc3c(-c4ccccc4C4=NC(c5cccc(-n6c7c(c8ccccc86)CCC=C7)c5)NC(C5CCCCC5)N4)cccc23)CC1. The van der Waals surface area contributed by atoms with Crippen LogP contribution in [0.25, 0.3) is 50.8 Å². The minimum absolute atomic E-state index is 0.129. The van der Waals surface area contributed by atoms with Crippen molar-refractivity contribution in [3.63, 3.8) is 0 Å². The van der Waals surface area contributed by atoms with Gasteiger partial charge in [-0.15, -0.1) is 0 Å². The molecule has 5 heteroatoms. The topological polar surface area (TPSA) is 54.5 Å². The molecule has 4 aromatic carbocycles. The average molecular weight is 655 g/mol. The summed E-state index contributed by atoms with van der Waals surface area (Å²) < 4.78 is 9.06. The van der Waals surface area contributed by atoms with E-state index in [1.54, 1.807) is 0 Å². The van der Waals surface area contributed by atoms with Crippen molar-refractivity contribution in [1.29, 1.82) is 0 Å². The molecule has 248 valence electrons. The Morgan fingerprint density at radius 3 is 2.44 bits per heavy atom. The monoisotopic (exact) mass is 654 g/mol. The maximum Gasteiger partial charge on any atom is 0.142 e. The van der Waals surface area contributed by atoms with Crippen molar-refractivity contribution in [2.45, 2.75) is 70.1 Å². The van der Waals surface area contributed by atoms with E-state index in [-0.39, 0.29) is 12.3 Å². The van der Waals surface area contributed by atoms with Gasteiger partial charge < -0.3 is 14.3 Å². The predicted molar refractivity (Wildman–Crippen MR) is 206 cm³/mol. The van der Waals surface area contributed by atoms with Gasteiger partial charge in [0.2, 0.25) is 0 Å². The quantitative estimate of drug-likeness (QED) is 0.195. The molecule has 2 aromatic heterocycles. The third kappa shape index (κ3) is 4.98. The minimum atomic E-state index is -0.184. The lowest BCUT2D eigenvalue weighted by molar-refractivity contribution is 0.230. The fraction of sp³-hybridized carbons (Fsp3) is 0.267. The molecule has 2 atom stereocenters. The van der Waals surface area contributed by atoms with Gasteiger partial charge >= 0.3 is 0 Å². The van der Waals surface area contributed by atoms with Crippen LogP contribution in [0.4, 0.5) is 0 Å². The number of amidine groups is 1. The summed E-state index contributed by atoms with van der Waals surface area (Å²) >= 11 is 0. The molecule has 2 unspecified atom stereocenters. The molecule has 10 rings (SSSR count). The van der Waals surface area contributed by atoms with Crippen molar-refractivity contribution < 1.29 is 4.42 Å². The Hall–Kier alpha value is -5.13. The number of benzene rings is 4. The van der Waals surface area contributed by atoms with E-state index in [2.05, 4.69) is 131 Å². The van der Waals surface area contributed by atoms with Crippen LogP contribution in [0.1, 0.15) is 84.8 Å². The van der Waals surface area contributed by atoms with Gasteiger partial charge in [-0.2, -0.15) is 0 Å². The molecule has 0 spiro atoms. The van der Waals surface area contributed by atoms with Gasteiger partial charge in [-0.3, -0.25) is 5.32 Å². The molecule has 4 aliphatic rings. The normalized spacial score (nSPS) is 20.4. The molecule has 1 saturated carbocycles. The van der Waals surface area contributed by atoms with E-state index in [9.17, 15) is 0 Å². The zero-order valence-electron chi connectivity index (χ0n) is 28.4. The summed E-state index contributed by atoms with van der Waals surface area (Å²) in [5.74, 6) is 2.59. The Morgan fingerprint density at radius 1 is 0.720 bits per heavy atom. The molecule has 6 aromatic rings. The molecule has 0 bridgehead atoms. The highest BCUT2D eigenvalue weighted by molar-refractivity contribution is 6.08. The molecule has 1 fully saturated rings. The fourth-order valence-corrected chi connectivity index (χ4v) is 9.01. The number of para-hydroxylation sites is 2. The second-order valence-electron chi connectivity index (χ2n) is 14.4. The van der Waals surface area contributed by atoms with E-state index in [1.807, 2.05) is 0 Å². The van der Waals surface area contributed by atoms with Gasteiger partial charge in [0, 0.05) is 45.3 Å². The molecule has 2 N–H and O–H groups in total. The first kappa shape index (κ1) is 29.8.